The van der Waals surface area contributed by atoms with Crippen LogP contribution < -0.4 is 5.32 Å². The van der Waals surface area contributed by atoms with Gasteiger partial charge in [0.25, 0.3) is 0 Å². The monoisotopic (exact) mass is 302 g/mol. The van der Waals surface area contributed by atoms with E-state index in [1.165, 1.54) is 0 Å². The summed E-state index contributed by atoms with van der Waals surface area (Å²) in [5, 5.41) is 12.3. The van der Waals surface area contributed by atoms with Crippen LogP contribution in [0, 0.1) is 0 Å². The summed E-state index contributed by atoms with van der Waals surface area (Å²) in [5.41, 5.74) is 0.944. The van der Waals surface area contributed by atoms with Crippen LogP contribution in [0.4, 0.5) is 4.79 Å². The molecule has 0 saturated carbocycles. The number of phenols is 1. The summed E-state index contributed by atoms with van der Waals surface area (Å²) in [4.78, 5) is 18.3. The highest BCUT2D eigenvalue weighted by atomic mass is 16.3. The van der Waals surface area contributed by atoms with Crippen molar-refractivity contribution in [3.8, 4) is 5.75 Å². The van der Waals surface area contributed by atoms with Crippen molar-refractivity contribution in [2.75, 3.05) is 6.54 Å². The Morgan fingerprint density at radius 2 is 2.09 bits per heavy atom. The van der Waals surface area contributed by atoms with E-state index in [1.54, 1.807) is 35.4 Å². The molecule has 0 spiro atoms. The molecule has 22 heavy (non-hydrogen) atoms. The Hall–Kier alpha value is -2.50. The number of urea groups is 1. The number of nitrogens with one attached hydrogen (secondary N) is 1. The lowest BCUT2D eigenvalue weighted by Crippen LogP contribution is -2.41. The number of hydrogen-bond acceptors (Lipinski definition) is 3. The van der Waals surface area contributed by atoms with E-state index in [-0.39, 0.29) is 17.8 Å². The molecule has 0 saturated heterocycles. The number of amides is 2. The van der Waals surface area contributed by atoms with Crippen LogP contribution in [0.1, 0.15) is 31.3 Å². The van der Waals surface area contributed by atoms with Crippen molar-refractivity contribution in [3.63, 3.8) is 0 Å². The molecular formula is C16H22N4O2. The maximum Gasteiger partial charge on any atom is 0.318 e. The van der Waals surface area contributed by atoms with E-state index >= 15 is 0 Å². The first-order valence-corrected chi connectivity index (χ1v) is 7.31. The molecule has 0 aliphatic heterocycles. The van der Waals surface area contributed by atoms with Gasteiger partial charge in [-0.3, -0.25) is 0 Å². The maximum atomic E-state index is 12.4. The Kier molecular flexibility index (Phi) is 5.04. The number of carbonyl (C=O) groups excluding carboxylic acids is 1. The molecule has 1 aromatic heterocycles. The van der Waals surface area contributed by atoms with Crippen LogP contribution in [-0.4, -0.2) is 32.1 Å². The fourth-order valence-corrected chi connectivity index (χ4v) is 2.17. The number of aromatic hydroxyl groups is 1. The number of aromatic nitrogens is 2. The first-order chi connectivity index (χ1) is 10.5. The summed E-state index contributed by atoms with van der Waals surface area (Å²) in [5.74, 6) is 1.06. The van der Waals surface area contributed by atoms with E-state index in [0.717, 1.165) is 11.4 Å². The van der Waals surface area contributed by atoms with Crippen LogP contribution in [0.15, 0.2) is 36.7 Å². The Bertz CT molecular complexity index is 621. The molecule has 0 aliphatic carbocycles. The Morgan fingerprint density at radius 1 is 1.41 bits per heavy atom. The molecule has 2 amide bonds. The number of nitrogens with zero attached hydrogens (tertiary/aromatic N) is 3. The molecule has 118 valence electrons. The Labute approximate surface area is 130 Å². The lowest BCUT2D eigenvalue weighted by Gasteiger charge is -2.24. The molecule has 0 radical (unpaired) electrons. The molecule has 6 heteroatoms. The zero-order chi connectivity index (χ0) is 16.1. The van der Waals surface area contributed by atoms with Gasteiger partial charge in [0.05, 0.1) is 12.6 Å². The van der Waals surface area contributed by atoms with E-state index in [4.69, 9.17) is 0 Å². The summed E-state index contributed by atoms with van der Waals surface area (Å²) in [6.07, 6.45) is 3.58. The van der Waals surface area contributed by atoms with Gasteiger partial charge in [-0.15, -0.1) is 0 Å². The van der Waals surface area contributed by atoms with Crippen molar-refractivity contribution in [1.82, 2.24) is 19.8 Å². The summed E-state index contributed by atoms with van der Waals surface area (Å²) in [6.45, 7) is 4.92. The van der Waals surface area contributed by atoms with Gasteiger partial charge in [-0.05, 0) is 31.5 Å². The predicted octanol–water partition coefficient (Wildman–Crippen LogP) is 2.42. The van der Waals surface area contributed by atoms with Crippen molar-refractivity contribution in [1.29, 1.82) is 0 Å². The number of benzene rings is 1. The predicted molar refractivity (Wildman–Crippen MR) is 84.3 cm³/mol. The highest BCUT2D eigenvalue weighted by Crippen LogP contribution is 2.16. The molecule has 0 bridgehead atoms. The maximum absolute atomic E-state index is 12.4. The zero-order valence-electron chi connectivity index (χ0n) is 13.2. The van der Waals surface area contributed by atoms with Gasteiger partial charge in [-0.25, -0.2) is 9.78 Å². The molecule has 1 heterocycles. The summed E-state index contributed by atoms with van der Waals surface area (Å²) >= 11 is 0. The normalized spacial score (nSPS) is 12.0. The molecule has 2 rings (SSSR count). The molecule has 1 aromatic carbocycles. The lowest BCUT2D eigenvalue weighted by atomic mass is 10.1. The summed E-state index contributed by atoms with van der Waals surface area (Å²) in [6, 6.07) is 6.56. The van der Waals surface area contributed by atoms with Crippen molar-refractivity contribution in [2.24, 2.45) is 7.05 Å². The summed E-state index contributed by atoms with van der Waals surface area (Å²) in [7, 11) is 1.91. The third-order valence-corrected chi connectivity index (χ3v) is 3.66. The third-order valence-electron chi connectivity index (χ3n) is 3.66. The fourth-order valence-electron chi connectivity index (χ4n) is 2.17. The molecule has 6 nitrogen and oxygen atoms in total. The van der Waals surface area contributed by atoms with Gasteiger partial charge < -0.3 is 19.9 Å². The van der Waals surface area contributed by atoms with E-state index in [1.807, 2.05) is 31.7 Å². The number of hydrogen-bond donors (Lipinski definition) is 2. The highest BCUT2D eigenvalue weighted by Gasteiger charge is 2.17. The SMILES string of the molecule is CCN(Cc1nccn1C)C(=O)N[C@H](C)c1ccc(O)cc1. The standard InChI is InChI=1S/C16H22N4O2/c1-4-20(11-15-17-9-10-19(15)3)16(22)18-12(2)13-5-7-14(21)8-6-13/h5-10,12,21H,4,11H2,1-3H3,(H,18,22)/t12-/m1/s1. The van der Waals surface area contributed by atoms with E-state index in [0.29, 0.717) is 13.1 Å². The number of imidazole rings is 1. The van der Waals surface area contributed by atoms with Gasteiger partial charge in [-0.2, -0.15) is 0 Å². The molecule has 0 aliphatic rings. The lowest BCUT2D eigenvalue weighted by molar-refractivity contribution is 0.193. The molecule has 0 unspecified atom stereocenters. The average Bonchev–Trinajstić information content (AvgIpc) is 2.90. The largest absolute Gasteiger partial charge is 0.508 e. The first-order valence-electron chi connectivity index (χ1n) is 7.31. The minimum absolute atomic E-state index is 0.133. The second-order valence-corrected chi connectivity index (χ2v) is 5.23. The van der Waals surface area contributed by atoms with Gasteiger partial charge >= 0.3 is 6.03 Å². The second kappa shape index (κ2) is 6.98. The second-order valence-electron chi connectivity index (χ2n) is 5.23. The third kappa shape index (κ3) is 3.78. The van der Waals surface area contributed by atoms with E-state index in [9.17, 15) is 9.90 Å². The number of rotatable bonds is 5. The minimum atomic E-state index is -0.136. The van der Waals surface area contributed by atoms with Gasteiger partial charge in [0, 0.05) is 26.0 Å². The first kappa shape index (κ1) is 15.9. The topological polar surface area (TPSA) is 70.4 Å². The Balaban J connectivity index is 1.99. The zero-order valence-corrected chi connectivity index (χ0v) is 13.2. The van der Waals surface area contributed by atoms with Crippen molar-refractivity contribution < 1.29 is 9.90 Å². The average molecular weight is 302 g/mol. The van der Waals surface area contributed by atoms with Gasteiger partial charge in [0.1, 0.15) is 11.6 Å². The smallest absolute Gasteiger partial charge is 0.318 e. The molecule has 1 atom stereocenters. The van der Waals surface area contributed by atoms with Gasteiger partial charge in [-0.1, -0.05) is 12.1 Å². The molecule has 0 fully saturated rings. The van der Waals surface area contributed by atoms with Crippen LogP contribution in [-0.2, 0) is 13.6 Å². The fraction of sp³-hybridized carbons (Fsp3) is 0.375. The highest BCUT2D eigenvalue weighted by molar-refractivity contribution is 5.74. The van der Waals surface area contributed by atoms with Gasteiger partial charge in [0.15, 0.2) is 0 Å². The van der Waals surface area contributed by atoms with Crippen molar-refractivity contribution in [3.05, 3.63) is 48.0 Å². The van der Waals surface area contributed by atoms with Crippen molar-refractivity contribution >= 4 is 6.03 Å². The van der Waals surface area contributed by atoms with Crippen LogP contribution in [0.3, 0.4) is 0 Å². The van der Waals surface area contributed by atoms with Crippen molar-refractivity contribution in [2.45, 2.75) is 26.4 Å². The molecule has 2 aromatic rings. The van der Waals surface area contributed by atoms with Crippen LogP contribution in [0.2, 0.25) is 0 Å². The molecular weight excluding hydrogens is 280 g/mol. The number of carbonyl (C=O) groups is 1. The number of aryl methyl sites for hydroxylation is 1. The number of phenolic OH excluding ortho intramolecular Hbond substituents is 1. The summed E-state index contributed by atoms with van der Waals surface area (Å²) < 4.78 is 1.90. The minimum Gasteiger partial charge on any atom is -0.508 e. The van der Waals surface area contributed by atoms with Crippen LogP contribution in [0.5, 0.6) is 5.75 Å². The Morgan fingerprint density at radius 3 is 2.64 bits per heavy atom. The quantitative estimate of drug-likeness (QED) is 0.891. The van der Waals surface area contributed by atoms with Gasteiger partial charge in [0.2, 0.25) is 0 Å². The van der Waals surface area contributed by atoms with E-state index < -0.39 is 0 Å². The molecule has 2 N–H and O–H groups in total. The van der Waals surface area contributed by atoms with E-state index in [2.05, 4.69) is 10.3 Å². The van der Waals surface area contributed by atoms with Crippen LogP contribution in [0.25, 0.3) is 0 Å². The van der Waals surface area contributed by atoms with Crippen LogP contribution >= 0.6 is 0 Å².